The third-order valence-electron chi connectivity index (χ3n) is 7.50. The minimum Gasteiger partial charge on any atom is -0.329 e. The van der Waals surface area contributed by atoms with Crippen LogP contribution in [-0.2, 0) is 21.1 Å². The Hall–Kier alpha value is -4.15. The average molecular weight is 780 g/mol. The van der Waals surface area contributed by atoms with Gasteiger partial charge in [0.1, 0.15) is 23.3 Å². The number of allylic oxidation sites excluding steroid dienone is 8. The normalized spacial score (nSPS) is 12.1. The van der Waals surface area contributed by atoms with Crippen molar-refractivity contribution in [2.45, 2.75) is 55.4 Å². The molecule has 6 nitrogen and oxygen atoms in total. The molecule has 0 unspecified atom stereocenters. The SMILES string of the molecule is C/C=C(\C)c1cccc(N(C)c2cccc(/C(C)=C/C)n2)n1.C[C-]=C(C)c1cccc(N(C)c2cccc(C(C)=[C-]C)n2)n1.[Pt+2]. The van der Waals surface area contributed by atoms with Gasteiger partial charge < -0.3 is 19.8 Å². The molecule has 0 N–H and O–H groups in total. The van der Waals surface area contributed by atoms with Gasteiger partial charge in [0.15, 0.2) is 0 Å². The van der Waals surface area contributed by atoms with Crippen LogP contribution in [0.2, 0.25) is 0 Å². The maximum absolute atomic E-state index is 4.72. The Bertz CT molecular complexity index is 1440. The molecule has 0 amide bonds. The fourth-order valence-corrected chi connectivity index (χ4v) is 4.08. The van der Waals surface area contributed by atoms with Crippen molar-refractivity contribution in [3.05, 3.63) is 120 Å². The Morgan fingerprint density at radius 1 is 0.511 bits per heavy atom. The molecule has 236 valence electrons. The fourth-order valence-electron chi connectivity index (χ4n) is 4.08. The van der Waals surface area contributed by atoms with Gasteiger partial charge in [0.25, 0.3) is 0 Å². The molecular formula is C38H44N6Pt. The third-order valence-corrected chi connectivity index (χ3v) is 7.50. The molecule has 0 spiro atoms. The fraction of sp³-hybridized carbons (Fsp3) is 0.263. The van der Waals surface area contributed by atoms with Gasteiger partial charge in [-0.2, -0.15) is 0 Å². The number of hydrogen-bond donors (Lipinski definition) is 0. The first-order chi connectivity index (χ1) is 21.1. The van der Waals surface area contributed by atoms with E-state index in [1.54, 1.807) is 0 Å². The molecule has 7 heteroatoms. The number of aromatic nitrogens is 4. The maximum atomic E-state index is 4.72. The second-order valence-corrected chi connectivity index (χ2v) is 10.3. The van der Waals surface area contributed by atoms with Crippen LogP contribution in [-0.4, -0.2) is 34.0 Å². The quantitative estimate of drug-likeness (QED) is 0.166. The van der Waals surface area contributed by atoms with Crippen molar-refractivity contribution >= 4 is 45.6 Å². The van der Waals surface area contributed by atoms with Gasteiger partial charge in [-0.1, -0.05) is 61.7 Å². The van der Waals surface area contributed by atoms with Crippen LogP contribution >= 0.6 is 0 Å². The molecule has 0 fully saturated rings. The van der Waals surface area contributed by atoms with E-state index in [4.69, 9.17) is 9.97 Å². The van der Waals surface area contributed by atoms with Crippen LogP contribution in [0, 0.1) is 12.2 Å². The van der Waals surface area contributed by atoms with Crippen molar-refractivity contribution in [2.75, 3.05) is 23.9 Å². The van der Waals surface area contributed by atoms with Gasteiger partial charge in [-0.15, -0.1) is 26.0 Å². The molecule has 4 aromatic rings. The number of hydrogen-bond acceptors (Lipinski definition) is 6. The van der Waals surface area contributed by atoms with Crippen LogP contribution in [0.15, 0.2) is 84.9 Å². The van der Waals surface area contributed by atoms with E-state index in [2.05, 4.69) is 48.1 Å². The van der Waals surface area contributed by atoms with E-state index in [0.717, 1.165) is 57.2 Å². The van der Waals surface area contributed by atoms with Crippen LogP contribution < -0.4 is 9.80 Å². The molecule has 0 radical (unpaired) electrons. The van der Waals surface area contributed by atoms with E-state index in [-0.39, 0.29) is 21.1 Å². The molecule has 4 rings (SSSR count). The van der Waals surface area contributed by atoms with Crippen molar-refractivity contribution < 1.29 is 21.1 Å². The monoisotopic (exact) mass is 779 g/mol. The van der Waals surface area contributed by atoms with Crippen LogP contribution in [0.4, 0.5) is 23.3 Å². The van der Waals surface area contributed by atoms with E-state index in [1.807, 2.05) is 138 Å². The van der Waals surface area contributed by atoms with Crippen LogP contribution in [0.3, 0.4) is 0 Å². The molecule has 0 saturated carbocycles. The molecule has 0 atom stereocenters. The number of anilines is 4. The van der Waals surface area contributed by atoms with Gasteiger partial charge in [-0.25, -0.2) is 21.1 Å². The Balaban J connectivity index is 0.000000307. The van der Waals surface area contributed by atoms with E-state index in [9.17, 15) is 0 Å². The van der Waals surface area contributed by atoms with Gasteiger partial charge >= 0.3 is 21.1 Å². The molecular weight excluding hydrogens is 736 g/mol. The molecule has 0 aliphatic heterocycles. The predicted molar refractivity (Wildman–Crippen MR) is 188 cm³/mol. The first-order valence-electron chi connectivity index (χ1n) is 14.8. The Labute approximate surface area is 284 Å². The molecule has 4 heterocycles. The summed E-state index contributed by atoms with van der Waals surface area (Å²) in [6, 6.07) is 24.1. The summed E-state index contributed by atoms with van der Waals surface area (Å²) in [4.78, 5) is 22.8. The summed E-state index contributed by atoms with van der Waals surface area (Å²) in [6.07, 6.45) is 10.4. The standard InChI is InChI=1S/C19H23N3.C19H21N3.Pt/c2*1-6-14(3)16-10-8-12-18(20-16)22(5)19-13-9-11-17(21-19)15(4)7-2;/h6-13H,1-5H3;8-13H,1-5H3;/q;-2;+2/b14-6+,15-7+;;. The van der Waals surface area contributed by atoms with Crippen molar-refractivity contribution in [1.82, 2.24) is 19.9 Å². The van der Waals surface area contributed by atoms with E-state index in [0.29, 0.717) is 0 Å². The summed E-state index contributed by atoms with van der Waals surface area (Å²) in [6.45, 7) is 16.0. The zero-order valence-electron chi connectivity index (χ0n) is 28.1. The maximum Gasteiger partial charge on any atom is 2.00 e. The molecule has 0 aliphatic carbocycles. The number of nitrogens with zero attached hydrogens (tertiary/aromatic N) is 6. The Morgan fingerprint density at radius 3 is 1.04 bits per heavy atom. The molecule has 4 aromatic heterocycles. The van der Waals surface area contributed by atoms with Crippen LogP contribution in [0.25, 0.3) is 22.3 Å². The van der Waals surface area contributed by atoms with Gasteiger partial charge in [-0.05, 0) is 75.2 Å². The molecule has 0 saturated heterocycles. The smallest absolute Gasteiger partial charge is 0.329 e. The van der Waals surface area contributed by atoms with Crippen LogP contribution in [0.5, 0.6) is 0 Å². The van der Waals surface area contributed by atoms with Gasteiger partial charge in [0, 0.05) is 14.1 Å². The summed E-state index contributed by atoms with van der Waals surface area (Å²) in [7, 11) is 3.97. The summed E-state index contributed by atoms with van der Waals surface area (Å²) in [5.41, 5.74) is 8.26. The average Bonchev–Trinajstić information content (AvgIpc) is 3.09. The summed E-state index contributed by atoms with van der Waals surface area (Å²) in [5, 5.41) is 0. The summed E-state index contributed by atoms with van der Waals surface area (Å²) >= 11 is 0. The Kier molecular flexibility index (Phi) is 14.8. The van der Waals surface area contributed by atoms with Crippen molar-refractivity contribution in [1.29, 1.82) is 0 Å². The second-order valence-electron chi connectivity index (χ2n) is 10.3. The van der Waals surface area contributed by atoms with E-state index in [1.165, 1.54) is 11.1 Å². The first kappa shape index (κ1) is 37.0. The molecule has 0 aromatic carbocycles. The minimum absolute atomic E-state index is 0. The molecule has 45 heavy (non-hydrogen) atoms. The van der Waals surface area contributed by atoms with Crippen molar-refractivity contribution in [2.24, 2.45) is 0 Å². The predicted octanol–water partition coefficient (Wildman–Crippen LogP) is 9.79. The number of pyridine rings is 4. The largest absolute Gasteiger partial charge is 2.00 e. The topological polar surface area (TPSA) is 58.0 Å². The third kappa shape index (κ3) is 9.92. The Morgan fingerprint density at radius 2 is 0.778 bits per heavy atom. The number of rotatable bonds is 8. The van der Waals surface area contributed by atoms with Gasteiger partial charge in [0.2, 0.25) is 0 Å². The van der Waals surface area contributed by atoms with Gasteiger partial charge in [0.05, 0.1) is 11.4 Å². The van der Waals surface area contributed by atoms with E-state index < -0.39 is 0 Å². The zero-order chi connectivity index (χ0) is 32.2. The van der Waals surface area contributed by atoms with Crippen LogP contribution in [0.1, 0.15) is 78.2 Å². The van der Waals surface area contributed by atoms with Crippen molar-refractivity contribution in [3.8, 4) is 0 Å². The minimum atomic E-state index is 0. The van der Waals surface area contributed by atoms with Gasteiger partial charge in [-0.3, -0.25) is 12.2 Å². The summed E-state index contributed by atoms with van der Waals surface area (Å²) in [5.74, 6) is 3.50. The summed E-state index contributed by atoms with van der Waals surface area (Å²) < 4.78 is 0. The zero-order valence-corrected chi connectivity index (χ0v) is 30.4. The van der Waals surface area contributed by atoms with Crippen molar-refractivity contribution in [3.63, 3.8) is 0 Å². The first-order valence-corrected chi connectivity index (χ1v) is 14.8. The molecule has 0 bridgehead atoms. The molecule has 0 aliphatic rings. The second kappa shape index (κ2) is 18.0. The van der Waals surface area contributed by atoms with E-state index >= 15 is 0 Å².